The van der Waals surface area contributed by atoms with Gasteiger partial charge in [-0.15, -0.1) is 5.10 Å². The van der Waals surface area contributed by atoms with Gasteiger partial charge in [0.05, 0.1) is 16.8 Å². The molecule has 1 N–H and O–H groups in total. The summed E-state index contributed by atoms with van der Waals surface area (Å²) in [5.41, 5.74) is 4.65. The third kappa shape index (κ3) is 3.29. The third-order valence-corrected chi connectivity index (χ3v) is 4.48. The van der Waals surface area contributed by atoms with Crippen LogP contribution >= 0.6 is 0 Å². The van der Waals surface area contributed by atoms with Crippen LogP contribution in [0.15, 0.2) is 85.2 Å². The van der Waals surface area contributed by atoms with Gasteiger partial charge >= 0.3 is 0 Å². The van der Waals surface area contributed by atoms with E-state index in [1.165, 1.54) is 12.1 Å². The number of nitrogens with one attached hydrogen (secondary N) is 1. The molecule has 0 unspecified atom stereocenters. The number of benzene rings is 2. The lowest BCUT2D eigenvalue weighted by Crippen LogP contribution is -1.98. The Balaban J connectivity index is 1.65. The van der Waals surface area contributed by atoms with E-state index in [1.54, 1.807) is 29.2 Å². The Bertz CT molecular complexity index is 1280. The van der Waals surface area contributed by atoms with Crippen molar-refractivity contribution in [3.8, 4) is 22.5 Å². The fraction of sp³-hybridized carbons (Fsp3) is 0. The Kier molecular flexibility index (Phi) is 4.18. The summed E-state index contributed by atoms with van der Waals surface area (Å²) in [5.74, 6) is 0.176. The van der Waals surface area contributed by atoms with Crippen LogP contribution in [0.1, 0.15) is 0 Å². The van der Waals surface area contributed by atoms with Crippen molar-refractivity contribution in [3.05, 3.63) is 91.0 Å². The van der Waals surface area contributed by atoms with Crippen LogP contribution in [0.2, 0.25) is 0 Å². The first-order chi connectivity index (χ1) is 14.3. The highest BCUT2D eigenvalue weighted by atomic mass is 19.1. The van der Waals surface area contributed by atoms with Gasteiger partial charge in [-0.2, -0.15) is 9.73 Å². The number of halogens is 1. The SMILES string of the molecule is Fc1ccc(-c2nn3ncccc3c2-c2ccnc(Nc3ccccc3)n2)cc1. The summed E-state index contributed by atoms with van der Waals surface area (Å²) in [7, 11) is 0. The van der Waals surface area contributed by atoms with E-state index in [0.717, 1.165) is 22.3 Å². The average molecular weight is 382 g/mol. The molecule has 7 heteroatoms. The molecule has 0 amide bonds. The first-order valence-corrected chi connectivity index (χ1v) is 9.03. The van der Waals surface area contributed by atoms with Gasteiger partial charge in [0, 0.05) is 23.6 Å². The Morgan fingerprint density at radius 1 is 0.828 bits per heavy atom. The van der Waals surface area contributed by atoms with Crippen LogP contribution in [0.25, 0.3) is 28.0 Å². The van der Waals surface area contributed by atoms with E-state index in [0.29, 0.717) is 17.3 Å². The van der Waals surface area contributed by atoms with Crippen molar-refractivity contribution < 1.29 is 4.39 Å². The van der Waals surface area contributed by atoms with Gasteiger partial charge < -0.3 is 5.32 Å². The number of nitrogens with zero attached hydrogens (tertiary/aromatic N) is 5. The van der Waals surface area contributed by atoms with E-state index >= 15 is 0 Å². The highest BCUT2D eigenvalue weighted by molar-refractivity contribution is 5.90. The molecule has 0 radical (unpaired) electrons. The van der Waals surface area contributed by atoms with E-state index < -0.39 is 0 Å². The zero-order valence-electron chi connectivity index (χ0n) is 15.2. The molecule has 0 saturated carbocycles. The molecule has 0 aliphatic rings. The summed E-state index contributed by atoms with van der Waals surface area (Å²) < 4.78 is 15.0. The highest BCUT2D eigenvalue weighted by Crippen LogP contribution is 2.34. The van der Waals surface area contributed by atoms with Crippen LogP contribution in [-0.4, -0.2) is 24.8 Å². The lowest BCUT2D eigenvalue weighted by atomic mass is 10.0. The quantitative estimate of drug-likeness (QED) is 0.486. The van der Waals surface area contributed by atoms with Crippen molar-refractivity contribution in [2.24, 2.45) is 0 Å². The van der Waals surface area contributed by atoms with E-state index in [9.17, 15) is 4.39 Å². The molecule has 0 spiro atoms. The topological polar surface area (TPSA) is 68.0 Å². The van der Waals surface area contributed by atoms with E-state index in [4.69, 9.17) is 0 Å². The molecule has 29 heavy (non-hydrogen) atoms. The second-order valence-corrected chi connectivity index (χ2v) is 6.39. The van der Waals surface area contributed by atoms with Gasteiger partial charge in [-0.3, -0.25) is 0 Å². The molecule has 3 aromatic heterocycles. The van der Waals surface area contributed by atoms with E-state index in [2.05, 4.69) is 25.5 Å². The molecule has 6 nitrogen and oxygen atoms in total. The minimum absolute atomic E-state index is 0.298. The Hall–Kier alpha value is -4.13. The van der Waals surface area contributed by atoms with Gasteiger partial charge in [0.2, 0.25) is 5.95 Å². The van der Waals surface area contributed by atoms with Gasteiger partial charge in [-0.25, -0.2) is 14.4 Å². The van der Waals surface area contributed by atoms with Crippen molar-refractivity contribution in [1.82, 2.24) is 24.8 Å². The highest BCUT2D eigenvalue weighted by Gasteiger charge is 2.18. The summed E-state index contributed by atoms with van der Waals surface area (Å²) >= 11 is 0. The largest absolute Gasteiger partial charge is 0.324 e. The molecule has 140 valence electrons. The van der Waals surface area contributed by atoms with Crippen LogP contribution in [0, 0.1) is 5.82 Å². The number of hydrogen-bond acceptors (Lipinski definition) is 5. The zero-order valence-corrected chi connectivity index (χ0v) is 15.2. The molecule has 3 heterocycles. The minimum atomic E-state index is -0.298. The molecule has 0 bridgehead atoms. The fourth-order valence-electron chi connectivity index (χ4n) is 3.16. The molecule has 2 aromatic carbocycles. The van der Waals surface area contributed by atoms with Crippen molar-refractivity contribution in [3.63, 3.8) is 0 Å². The Morgan fingerprint density at radius 3 is 2.48 bits per heavy atom. The first kappa shape index (κ1) is 17.0. The van der Waals surface area contributed by atoms with E-state index in [1.807, 2.05) is 48.5 Å². The van der Waals surface area contributed by atoms with Crippen molar-refractivity contribution >= 4 is 17.2 Å². The van der Waals surface area contributed by atoms with Crippen LogP contribution in [0.4, 0.5) is 16.0 Å². The number of rotatable bonds is 4. The van der Waals surface area contributed by atoms with Crippen molar-refractivity contribution in [2.45, 2.75) is 0 Å². The lowest BCUT2D eigenvalue weighted by Gasteiger charge is -2.07. The predicted octanol–water partition coefficient (Wildman–Crippen LogP) is 4.74. The predicted molar refractivity (Wildman–Crippen MR) is 109 cm³/mol. The maximum absolute atomic E-state index is 13.4. The molecular formula is C22H15FN6. The van der Waals surface area contributed by atoms with Crippen LogP contribution in [0.5, 0.6) is 0 Å². The van der Waals surface area contributed by atoms with Gasteiger partial charge in [-0.05, 0) is 54.6 Å². The van der Waals surface area contributed by atoms with Crippen LogP contribution in [0.3, 0.4) is 0 Å². The Labute approximate surface area is 165 Å². The van der Waals surface area contributed by atoms with Crippen molar-refractivity contribution in [1.29, 1.82) is 0 Å². The molecule has 5 aromatic rings. The normalized spacial score (nSPS) is 10.9. The molecule has 0 aliphatic carbocycles. The summed E-state index contributed by atoms with van der Waals surface area (Å²) in [5, 5.41) is 12.1. The van der Waals surface area contributed by atoms with Gasteiger partial charge in [-0.1, -0.05) is 18.2 Å². The molecule has 0 fully saturated rings. The first-order valence-electron chi connectivity index (χ1n) is 9.03. The molecule has 0 saturated heterocycles. The van der Waals surface area contributed by atoms with Gasteiger partial charge in [0.25, 0.3) is 0 Å². The number of para-hydroxylation sites is 1. The average Bonchev–Trinajstić information content (AvgIpc) is 3.15. The maximum Gasteiger partial charge on any atom is 0.227 e. The van der Waals surface area contributed by atoms with Gasteiger partial charge in [0.15, 0.2) is 0 Å². The standard InChI is InChI=1S/C22H15FN6/c23-16-10-8-15(9-11-16)21-20(19-7-4-13-25-29(19)28-21)18-12-14-24-22(27-18)26-17-5-2-1-3-6-17/h1-14H,(H,24,26,27). The van der Waals surface area contributed by atoms with E-state index in [-0.39, 0.29) is 5.82 Å². The second kappa shape index (κ2) is 7.12. The zero-order chi connectivity index (χ0) is 19.6. The monoisotopic (exact) mass is 382 g/mol. The fourth-order valence-corrected chi connectivity index (χ4v) is 3.16. The minimum Gasteiger partial charge on any atom is -0.324 e. The Morgan fingerprint density at radius 2 is 1.66 bits per heavy atom. The molecule has 5 rings (SSSR count). The second-order valence-electron chi connectivity index (χ2n) is 6.39. The van der Waals surface area contributed by atoms with Crippen LogP contribution < -0.4 is 5.32 Å². The lowest BCUT2D eigenvalue weighted by molar-refractivity contribution is 0.628. The summed E-state index contributed by atoms with van der Waals surface area (Å²) in [6, 6.07) is 21.5. The van der Waals surface area contributed by atoms with Gasteiger partial charge in [0.1, 0.15) is 11.5 Å². The number of hydrogen-bond donors (Lipinski definition) is 1. The molecular weight excluding hydrogens is 367 g/mol. The molecule has 0 aliphatic heterocycles. The smallest absolute Gasteiger partial charge is 0.227 e. The number of anilines is 2. The molecule has 0 atom stereocenters. The van der Waals surface area contributed by atoms with Crippen LogP contribution in [-0.2, 0) is 0 Å². The van der Waals surface area contributed by atoms with Crippen molar-refractivity contribution in [2.75, 3.05) is 5.32 Å². The summed E-state index contributed by atoms with van der Waals surface area (Å²) in [6.45, 7) is 0. The third-order valence-electron chi connectivity index (χ3n) is 4.48. The summed E-state index contributed by atoms with van der Waals surface area (Å²) in [6.07, 6.45) is 3.36. The number of aromatic nitrogens is 5. The number of fused-ring (bicyclic) bond motifs is 1. The maximum atomic E-state index is 13.4. The summed E-state index contributed by atoms with van der Waals surface area (Å²) in [4.78, 5) is 9.01.